The van der Waals surface area contributed by atoms with Crippen molar-refractivity contribution < 1.29 is 9.53 Å². The van der Waals surface area contributed by atoms with Gasteiger partial charge in [0.1, 0.15) is 11.2 Å². The molecule has 2 aromatic rings. The molecule has 0 radical (unpaired) electrons. The lowest BCUT2D eigenvalue weighted by atomic mass is 10.1. The fraction of sp³-hybridized carbons (Fsp3) is 0.429. The zero-order valence-corrected chi connectivity index (χ0v) is 11.0. The van der Waals surface area contributed by atoms with Crippen LogP contribution in [-0.4, -0.2) is 21.0 Å². The van der Waals surface area contributed by atoms with Crippen LogP contribution in [0.2, 0.25) is 0 Å². The van der Waals surface area contributed by atoms with Gasteiger partial charge in [0.2, 0.25) is 0 Å². The summed E-state index contributed by atoms with van der Waals surface area (Å²) in [7, 11) is 0. The maximum absolute atomic E-state index is 11.6. The Morgan fingerprint density at radius 2 is 2.17 bits per heavy atom. The quantitative estimate of drug-likeness (QED) is 0.782. The van der Waals surface area contributed by atoms with Gasteiger partial charge in [-0.2, -0.15) is 0 Å². The van der Waals surface area contributed by atoms with Gasteiger partial charge in [0, 0.05) is 25.0 Å². The molecule has 0 bridgehead atoms. The van der Waals surface area contributed by atoms with Gasteiger partial charge in [0.15, 0.2) is 0 Å². The Bertz CT molecular complexity index is 552. The highest BCUT2D eigenvalue weighted by Gasteiger charge is 2.15. The Kier molecular flexibility index (Phi) is 3.36. The number of pyridine rings is 1. The number of aromatic nitrogens is 2. The van der Waals surface area contributed by atoms with Crippen molar-refractivity contribution in [1.29, 1.82) is 0 Å². The van der Waals surface area contributed by atoms with Gasteiger partial charge in [-0.1, -0.05) is 6.07 Å². The summed E-state index contributed by atoms with van der Waals surface area (Å²) in [6.07, 6.45) is 6.73. The fourth-order valence-corrected chi connectivity index (χ4v) is 1.75. The summed E-state index contributed by atoms with van der Waals surface area (Å²) in [4.78, 5) is 15.8. The van der Waals surface area contributed by atoms with Crippen LogP contribution in [0.5, 0.6) is 0 Å². The third kappa shape index (κ3) is 3.32. The predicted octanol–water partition coefficient (Wildman–Crippen LogP) is 2.61. The van der Waals surface area contributed by atoms with Crippen molar-refractivity contribution >= 4 is 11.6 Å². The molecule has 0 aliphatic rings. The maximum atomic E-state index is 11.6. The first-order valence-electron chi connectivity index (χ1n) is 6.07. The summed E-state index contributed by atoms with van der Waals surface area (Å²) >= 11 is 0. The van der Waals surface area contributed by atoms with E-state index in [4.69, 9.17) is 4.74 Å². The molecule has 0 aliphatic heterocycles. The number of hydrogen-bond acceptors (Lipinski definition) is 3. The summed E-state index contributed by atoms with van der Waals surface area (Å²) < 4.78 is 7.22. The second-order valence-electron chi connectivity index (χ2n) is 5.32. The molecule has 0 saturated heterocycles. The third-order valence-electron chi connectivity index (χ3n) is 2.49. The average Bonchev–Trinajstić information content (AvgIpc) is 2.71. The van der Waals surface area contributed by atoms with Gasteiger partial charge in [0.05, 0.1) is 0 Å². The van der Waals surface area contributed by atoms with Crippen LogP contribution in [-0.2, 0) is 16.0 Å². The van der Waals surface area contributed by atoms with E-state index in [9.17, 15) is 4.79 Å². The fourth-order valence-electron chi connectivity index (χ4n) is 1.75. The Balaban J connectivity index is 1.95. The molecule has 2 heterocycles. The standard InChI is InChI=1S/C14H18N2O2/c1-14(2,3)18-13(17)7-5-11-4-6-12-15-8-9-16(12)10-11/h4,6,8-10H,5,7H2,1-3H3. The summed E-state index contributed by atoms with van der Waals surface area (Å²) in [6, 6.07) is 3.94. The molecule has 0 aromatic carbocycles. The number of aryl methyl sites for hydroxylation is 1. The minimum Gasteiger partial charge on any atom is -0.460 e. The molecule has 0 unspecified atom stereocenters. The first-order valence-corrected chi connectivity index (χ1v) is 6.07. The van der Waals surface area contributed by atoms with Crippen molar-refractivity contribution in [3.05, 3.63) is 36.3 Å². The number of rotatable bonds is 3. The maximum Gasteiger partial charge on any atom is 0.306 e. The largest absolute Gasteiger partial charge is 0.460 e. The molecule has 4 nitrogen and oxygen atoms in total. The van der Waals surface area contributed by atoms with Crippen molar-refractivity contribution in [1.82, 2.24) is 9.38 Å². The number of esters is 1. The molecular formula is C14H18N2O2. The van der Waals surface area contributed by atoms with Crippen molar-refractivity contribution in [2.75, 3.05) is 0 Å². The molecule has 4 heteroatoms. The summed E-state index contributed by atoms with van der Waals surface area (Å²) in [5.74, 6) is -0.159. The van der Waals surface area contributed by atoms with E-state index in [2.05, 4.69) is 4.98 Å². The van der Waals surface area contributed by atoms with E-state index in [0.29, 0.717) is 12.8 Å². The number of hydrogen-bond donors (Lipinski definition) is 0. The lowest BCUT2D eigenvalue weighted by molar-refractivity contribution is -0.154. The molecule has 18 heavy (non-hydrogen) atoms. The lowest BCUT2D eigenvalue weighted by Crippen LogP contribution is -2.24. The van der Waals surface area contributed by atoms with Gasteiger partial charge in [-0.3, -0.25) is 4.79 Å². The van der Waals surface area contributed by atoms with Crippen molar-refractivity contribution in [3.63, 3.8) is 0 Å². The van der Waals surface area contributed by atoms with Crippen molar-refractivity contribution in [2.45, 2.75) is 39.2 Å². The number of fused-ring (bicyclic) bond motifs is 1. The van der Waals surface area contributed by atoms with Gasteiger partial charge in [0.25, 0.3) is 0 Å². The number of carbonyl (C=O) groups excluding carboxylic acids is 1. The van der Waals surface area contributed by atoms with Crippen molar-refractivity contribution in [3.8, 4) is 0 Å². The molecule has 96 valence electrons. The lowest BCUT2D eigenvalue weighted by Gasteiger charge is -2.19. The summed E-state index contributed by atoms with van der Waals surface area (Å²) in [6.45, 7) is 5.63. The van der Waals surface area contributed by atoms with E-state index < -0.39 is 5.60 Å². The van der Waals surface area contributed by atoms with Gasteiger partial charge in [-0.15, -0.1) is 0 Å². The van der Waals surface area contributed by atoms with Crippen LogP contribution in [0, 0.1) is 0 Å². The molecule has 0 saturated carbocycles. The number of nitrogens with zero attached hydrogens (tertiary/aromatic N) is 2. The van der Waals surface area contributed by atoms with E-state index >= 15 is 0 Å². The Morgan fingerprint density at radius 3 is 2.89 bits per heavy atom. The van der Waals surface area contributed by atoms with E-state index in [1.165, 1.54) is 0 Å². The van der Waals surface area contributed by atoms with Crippen LogP contribution >= 0.6 is 0 Å². The van der Waals surface area contributed by atoms with Crippen LogP contribution in [0.1, 0.15) is 32.8 Å². The van der Waals surface area contributed by atoms with Gasteiger partial charge in [-0.25, -0.2) is 4.98 Å². The molecule has 2 rings (SSSR count). The topological polar surface area (TPSA) is 43.6 Å². The Morgan fingerprint density at radius 1 is 1.39 bits per heavy atom. The summed E-state index contributed by atoms with van der Waals surface area (Å²) in [5.41, 5.74) is 1.60. The van der Waals surface area contributed by atoms with Crippen LogP contribution in [0.25, 0.3) is 5.65 Å². The molecule has 0 aliphatic carbocycles. The third-order valence-corrected chi connectivity index (χ3v) is 2.49. The van der Waals surface area contributed by atoms with Crippen LogP contribution in [0.15, 0.2) is 30.7 Å². The van der Waals surface area contributed by atoms with Crippen LogP contribution in [0.4, 0.5) is 0 Å². The normalized spacial score (nSPS) is 11.7. The molecular weight excluding hydrogens is 228 g/mol. The van der Waals surface area contributed by atoms with Crippen molar-refractivity contribution in [2.24, 2.45) is 0 Å². The Hall–Kier alpha value is -1.84. The second-order valence-corrected chi connectivity index (χ2v) is 5.32. The van der Waals surface area contributed by atoms with E-state index in [1.807, 2.05) is 49.7 Å². The molecule has 0 atom stereocenters. The van der Waals surface area contributed by atoms with E-state index in [0.717, 1.165) is 11.2 Å². The SMILES string of the molecule is CC(C)(C)OC(=O)CCc1ccc2nccn2c1. The van der Waals surface area contributed by atoms with Gasteiger partial charge in [-0.05, 0) is 38.8 Å². The molecule has 0 amide bonds. The van der Waals surface area contributed by atoms with E-state index in [-0.39, 0.29) is 5.97 Å². The Labute approximate surface area is 107 Å². The first kappa shape index (κ1) is 12.6. The number of carbonyl (C=O) groups is 1. The van der Waals surface area contributed by atoms with Crippen LogP contribution < -0.4 is 0 Å². The zero-order chi connectivity index (χ0) is 13.2. The number of imidazole rings is 1. The minimum absolute atomic E-state index is 0.159. The molecule has 0 spiro atoms. The predicted molar refractivity (Wildman–Crippen MR) is 69.4 cm³/mol. The molecule has 0 fully saturated rings. The molecule has 2 aromatic heterocycles. The smallest absolute Gasteiger partial charge is 0.306 e. The highest BCUT2D eigenvalue weighted by molar-refractivity contribution is 5.70. The van der Waals surface area contributed by atoms with Crippen LogP contribution in [0.3, 0.4) is 0 Å². The minimum atomic E-state index is -0.411. The zero-order valence-electron chi connectivity index (χ0n) is 11.0. The number of ether oxygens (including phenoxy) is 1. The highest BCUT2D eigenvalue weighted by Crippen LogP contribution is 2.11. The molecule has 0 N–H and O–H groups in total. The summed E-state index contributed by atoms with van der Waals surface area (Å²) in [5, 5.41) is 0. The monoisotopic (exact) mass is 246 g/mol. The average molecular weight is 246 g/mol. The second kappa shape index (κ2) is 4.80. The van der Waals surface area contributed by atoms with Gasteiger partial charge >= 0.3 is 5.97 Å². The highest BCUT2D eigenvalue weighted by atomic mass is 16.6. The van der Waals surface area contributed by atoms with E-state index in [1.54, 1.807) is 6.20 Å². The van der Waals surface area contributed by atoms with Gasteiger partial charge < -0.3 is 9.14 Å². The first-order chi connectivity index (χ1) is 8.44.